The van der Waals surface area contributed by atoms with E-state index in [0.29, 0.717) is 11.3 Å². The second-order valence-electron chi connectivity index (χ2n) is 7.32. The van der Waals surface area contributed by atoms with Crippen LogP contribution in [0, 0.1) is 10.1 Å². The fraction of sp³-hybridized carbons (Fsp3) is 0.286. The molecule has 1 aliphatic rings. The number of β-amino-alcohol motifs (C(OH)–C–C–N with tert-alkyl or cyclic N) is 1. The average molecular weight is 427 g/mol. The Kier molecular flexibility index (Phi) is 6.02. The van der Waals surface area contributed by atoms with Crippen LogP contribution in [-0.4, -0.2) is 51.9 Å². The highest BCUT2D eigenvalue weighted by Crippen LogP contribution is 2.31. The van der Waals surface area contributed by atoms with Gasteiger partial charge in [0, 0.05) is 17.7 Å². The average Bonchev–Trinajstić information content (AvgIpc) is 2.96. The number of amides is 3. The molecule has 1 saturated heterocycles. The van der Waals surface area contributed by atoms with E-state index in [1.54, 1.807) is 24.3 Å². The number of benzene rings is 2. The number of ether oxygens (including phenoxy) is 1. The molecule has 0 spiro atoms. The van der Waals surface area contributed by atoms with Crippen LogP contribution in [-0.2, 0) is 10.3 Å². The monoisotopic (exact) mass is 427 g/mol. The minimum atomic E-state index is -1.49. The van der Waals surface area contributed by atoms with Crippen molar-refractivity contribution in [1.29, 1.82) is 0 Å². The highest BCUT2D eigenvalue weighted by Gasteiger charge is 2.49. The maximum Gasteiger partial charge on any atom is 0.325 e. The summed E-state index contributed by atoms with van der Waals surface area (Å²) in [5.41, 5.74) is -0.915. The number of carbonyl (C=O) groups is 3. The first-order valence-electron chi connectivity index (χ1n) is 9.42. The van der Waals surface area contributed by atoms with E-state index < -0.39 is 28.5 Å². The third-order valence-corrected chi connectivity index (χ3v) is 5.01. The maximum absolute atomic E-state index is 12.9. The summed E-state index contributed by atoms with van der Waals surface area (Å²) in [5, 5.41) is 23.8. The largest absolute Gasteiger partial charge is 0.491 e. The predicted octanol–water partition coefficient (Wildman–Crippen LogP) is 2.00. The van der Waals surface area contributed by atoms with Crippen LogP contribution in [0.2, 0.25) is 0 Å². The lowest BCUT2D eigenvalue weighted by atomic mass is 9.91. The van der Waals surface area contributed by atoms with Crippen molar-refractivity contribution in [3.05, 3.63) is 69.8 Å². The zero-order valence-corrected chi connectivity index (χ0v) is 16.9. The molecule has 1 aliphatic heterocycles. The van der Waals surface area contributed by atoms with Gasteiger partial charge in [-0.15, -0.1) is 0 Å². The number of rotatable bonds is 8. The summed E-state index contributed by atoms with van der Waals surface area (Å²) in [4.78, 5) is 47.9. The molecule has 0 saturated carbocycles. The van der Waals surface area contributed by atoms with Gasteiger partial charge >= 0.3 is 6.03 Å². The molecule has 31 heavy (non-hydrogen) atoms. The van der Waals surface area contributed by atoms with E-state index in [9.17, 15) is 29.6 Å². The van der Waals surface area contributed by atoms with Crippen molar-refractivity contribution in [3.63, 3.8) is 0 Å². The lowest BCUT2D eigenvalue weighted by Crippen LogP contribution is -2.42. The summed E-state index contributed by atoms with van der Waals surface area (Å²) < 4.78 is 5.46. The second kappa shape index (κ2) is 8.52. The molecule has 0 radical (unpaired) electrons. The molecular formula is C21H21N3O7. The molecular weight excluding hydrogens is 406 g/mol. The molecule has 10 heteroatoms. The molecule has 2 unspecified atom stereocenters. The first-order valence-corrected chi connectivity index (χ1v) is 9.42. The number of carbonyl (C=O) groups excluding carboxylic acids is 3. The van der Waals surface area contributed by atoms with Crippen LogP contribution < -0.4 is 10.1 Å². The number of nitro benzene ring substituents is 1. The maximum atomic E-state index is 12.9. The van der Waals surface area contributed by atoms with Crippen LogP contribution in [0.25, 0.3) is 0 Å². The number of aliphatic hydroxyl groups excluding tert-OH is 1. The molecule has 3 rings (SSSR count). The van der Waals surface area contributed by atoms with Crippen LogP contribution in [0.4, 0.5) is 10.5 Å². The summed E-state index contributed by atoms with van der Waals surface area (Å²) in [6.07, 6.45) is -1.17. The van der Waals surface area contributed by atoms with E-state index in [0.717, 1.165) is 4.90 Å². The minimum Gasteiger partial charge on any atom is -0.491 e. The number of nitro groups is 1. The molecule has 0 aromatic heterocycles. The fourth-order valence-electron chi connectivity index (χ4n) is 3.23. The Morgan fingerprint density at radius 2 is 1.94 bits per heavy atom. The Labute approximate surface area is 177 Å². The number of ketones is 1. The van der Waals surface area contributed by atoms with Gasteiger partial charge in [0.1, 0.15) is 24.0 Å². The normalized spacial score (nSPS) is 19.1. The molecule has 2 aromatic rings. The third-order valence-electron chi connectivity index (χ3n) is 5.01. The predicted molar refractivity (Wildman–Crippen MR) is 109 cm³/mol. The zero-order chi connectivity index (χ0) is 22.8. The summed E-state index contributed by atoms with van der Waals surface area (Å²) in [5.74, 6) is -0.303. The van der Waals surface area contributed by atoms with Gasteiger partial charge in [0.05, 0.1) is 11.5 Å². The Bertz CT molecular complexity index is 1040. The van der Waals surface area contributed by atoms with Crippen molar-refractivity contribution in [2.24, 2.45) is 0 Å². The summed E-state index contributed by atoms with van der Waals surface area (Å²) >= 11 is 0. The van der Waals surface area contributed by atoms with Gasteiger partial charge in [-0.25, -0.2) is 4.79 Å². The van der Waals surface area contributed by atoms with Crippen molar-refractivity contribution in [1.82, 2.24) is 10.2 Å². The van der Waals surface area contributed by atoms with Gasteiger partial charge in [-0.2, -0.15) is 0 Å². The van der Waals surface area contributed by atoms with Crippen molar-refractivity contribution in [2.45, 2.75) is 25.5 Å². The first-order chi connectivity index (χ1) is 14.6. The number of aliphatic hydroxyl groups is 1. The van der Waals surface area contributed by atoms with Crippen LogP contribution in [0.3, 0.4) is 0 Å². The number of nitrogens with one attached hydrogen (secondary N) is 1. The number of urea groups is 1. The van der Waals surface area contributed by atoms with Gasteiger partial charge in [-0.1, -0.05) is 12.1 Å². The summed E-state index contributed by atoms with van der Waals surface area (Å²) in [6.45, 7) is 2.38. The number of hydrogen-bond acceptors (Lipinski definition) is 7. The van der Waals surface area contributed by atoms with E-state index in [1.165, 1.54) is 38.1 Å². The van der Waals surface area contributed by atoms with Crippen LogP contribution in [0.15, 0.2) is 48.5 Å². The van der Waals surface area contributed by atoms with Gasteiger partial charge in [0.25, 0.3) is 11.6 Å². The lowest BCUT2D eigenvalue weighted by Gasteiger charge is -2.23. The topological polar surface area (TPSA) is 139 Å². The Balaban J connectivity index is 1.66. The molecule has 0 aliphatic carbocycles. The van der Waals surface area contributed by atoms with Crippen LogP contribution >= 0.6 is 0 Å². The van der Waals surface area contributed by atoms with Crippen molar-refractivity contribution in [2.75, 3.05) is 13.2 Å². The molecule has 2 atom stereocenters. The third kappa shape index (κ3) is 4.53. The molecule has 2 aromatic carbocycles. The lowest BCUT2D eigenvalue weighted by molar-refractivity contribution is -0.385. The smallest absolute Gasteiger partial charge is 0.325 e. The molecule has 2 N–H and O–H groups in total. The SMILES string of the molecule is CC(=O)c1ccc(OCC(O)CN2C(=O)NC(C)(c3cccc([N+](=O)[O-])c3)C2=O)cc1. The van der Waals surface area contributed by atoms with Crippen LogP contribution in [0.1, 0.15) is 29.8 Å². The molecule has 3 amide bonds. The van der Waals surface area contributed by atoms with E-state index in [4.69, 9.17) is 4.74 Å². The highest BCUT2D eigenvalue weighted by molar-refractivity contribution is 6.07. The van der Waals surface area contributed by atoms with E-state index >= 15 is 0 Å². The number of imide groups is 1. The number of hydrogen-bond donors (Lipinski definition) is 2. The van der Waals surface area contributed by atoms with Gasteiger partial charge in [-0.05, 0) is 43.7 Å². The summed E-state index contributed by atoms with van der Waals surface area (Å²) in [6, 6.07) is 11.1. The Morgan fingerprint density at radius 3 is 2.55 bits per heavy atom. The van der Waals surface area contributed by atoms with Gasteiger partial charge in [0.2, 0.25) is 0 Å². The number of nitrogens with zero attached hydrogens (tertiary/aromatic N) is 2. The number of Topliss-reactive ketones (excluding diaryl/α,β-unsaturated/α-hetero) is 1. The Hall–Kier alpha value is -3.79. The quantitative estimate of drug-likeness (QED) is 0.284. The van der Waals surface area contributed by atoms with E-state index in [2.05, 4.69) is 5.32 Å². The van der Waals surface area contributed by atoms with Gasteiger partial charge in [-0.3, -0.25) is 24.6 Å². The van der Waals surface area contributed by atoms with Crippen molar-refractivity contribution < 1.29 is 29.2 Å². The first kappa shape index (κ1) is 21.9. The fourth-order valence-corrected chi connectivity index (χ4v) is 3.23. The minimum absolute atomic E-state index is 0.0862. The molecule has 10 nitrogen and oxygen atoms in total. The van der Waals surface area contributed by atoms with Gasteiger partial charge < -0.3 is 15.2 Å². The summed E-state index contributed by atoms with van der Waals surface area (Å²) in [7, 11) is 0. The molecule has 162 valence electrons. The molecule has 0 bridgehead atoms. The number of non-ortho nitro benzene ring substituents is 1. The van der Waals surface area contributed by atoms with Crippen LogP contribution in [0.5, 0.6) is 5.75 Å². The molecule has 1 fully saturated rings. The van der Waals surface area contributed by atoms with E-state index in [1.807, 2.05) is 0 Å². The standard InChI is InChI=1S/C21H21N3O7/c1-13(25)14-6-8-18(9-7-14)31-12-17(26)11-23-19(27)21(2,22-20(23)28)15-4-3-5-16(10-15)24(29)30/h3-10,17,26H,11-12H2,1-2H3,(H,22,28). The van der Waals surface area contributed by atoms with Crippen molar-refractivity contribution >= 4 is 23.4 Å². The molecule has 1 heterocycles. The highest BCUT2D eigenvalue weighted by atomic mass is 16.6. The zero-order valence-electron chi connectivity index (χ0n) is 16.9. The van der Waals surface area contributed by atoms with Crippen molar-refractivity contribution in [3.8, 4) is 5.75 Å². The second-order valence-corrected chi connectivity index (χ2v) is 7.32. The van der Waals surface area contributed by atoms with Gasteiger partial charge in [0.15, 0.2) is 5.78 Å². The van der Waals surface area contributed by atoms with E-state index in [-0.39, 0.29) is 30.2 Å². The Morgan fingerprint density at radius 1 is 1.26 bits per heavy atom.